The molecule has 3 rings (SSSR count). The van der Waals surface area contributed by atoms with Gasteiger partial charge in [0.1, 0.15) is 12.2 Å². The molecule has 0 atom stereocenters. The Morgan fingerprint density at radius 1 is 1.14 bits per heavy atom. The number of amides is 1. The van der Waals surface area contributed by atoms with E-state index >= 15 is 0 Å². The van der Waals surface area contributed by atoms with Crippen LogP contribution in [0.25, 0.3) is 0 Å². The summed E-state index contributed by atoms with van der Waals surface area (Å²) < 4.78 is 13.8. The summed E-state index contributed by atoms with van der Waals surface area (Å²) in [5, 5.41) is 13.8. The average molecular weight is 287 g/mol. The number of nitro benzene ring substituents is 1. The zero-order valence-corrected chi connectivity index (χ0v) is 10.7. The Bertz CT molecular complexity index is 748. The predicted octanol–water partition coefficient (Wildman–Crippen LogP) is 2.82. The van der Waals surface area contributed by atoms with Crippen LogP contribution in [0.3, 0.4) is 0 Å². The Balaban J connectivity index is 2.20. The summed E-state index contributed by atoms with van der Waals surface area (Å²) in [7, 11) is 0. The van der Waals surface area contributed by atoms with Crippen LogP contribution >= 0.6 is 0 Å². The minimum atomic E-state index is -0.930. The van der Waals surface area contributed by atoms with E-state index in [1.165, 1.54) is 17.0 Å². The van der Waals surface area contributed by atoms with Gasteiger partial charge in [-0.3, -0.25) is 14.9 Å². The zero-order valence-electron chi connectivity index (χ0n) is 10.7. The van der Waals surface area contributed by atoms with Crippen molar-refractivity contribution in [1.82, 2.24) is 0 Å². The fourth-order valence-corrected chi connectivity index (χ4v) is 2.35. The molecule has 7 heteroatoms. The summed E-state index contributed by atoms with van der Waals surface area (Å²) in [6.07, 6.45) is 0. The first kappa shape index (κ1) is 13.0. The van der Waals surface area contributed by atoms with Crippen LogP contribution in [0.5, 0.6) is 0 Å². The van der Waals surface area contributed by atoms with Crippen LogP contribution in [0.15, 0.2) is 42.5 Å². The second-order valence-corrected chi connectivity index (χ2v) is 4.52. The Kier molecular flexibility index (Phi) is 3.02. The summed E-state index contributed by atoms with van der Waals surface area (Å²) in [5.74, 6) is -1.24. The first-order valence-corrected chi connectivity index (χ1v) is 6.17. The lowest BCUT2D eigenvalue weighted by molar-refractivity contribution is -0.386. The monoisotopic (exact) mass is 287 g/mol. The fourth-order valence-electron chi connectivity index (χ4n) is 2.35. The molecule has 2 aromatic carbocycles. The van der Waals surface area contributed by atoms with Gasteiger partial charge in [-0.05, 0) is 24.3 Å². The number of anilines is 3. The van der Waals surface area contributed by atoms with Crippen molar-refractivity contribution in [3.63, 3.8) is 0 Å². The highest BCUT2D eigenvalue weighted by Crippen LogP contribution is 2.39. The normalized spacial score (nSPS) is 13.6. The van der Waals surface area contributed by atoms with Gasteiger partial charge in [0, 0.05) is 0 Å². The van der Waals surface area contributed by atoms with E-state index < -0.39 is 16.4 Å². The standard InChI is InChI=1S/C14H10FN3O3/c15-9-4-3-7-12(14(9)18(20)21)17-8-13(19)16-10-5-1-2-6-11(10)17/h1-7H,8H2,(H,16,19). The molecule has 1 N–H and O–H groups in total. The highest BCUT2D eigenvalue weighted by molar-refractivity contribution is 6.03. The summed E-state index contributed by atoms with van der Waals surface area (Å²) in [5.41, 5.74) is 0.544. The second-order valence-electron chi connectivity index (χ2n) is 4.52. The lowest BCUT2D eigenvalue weighted by Crippen LogP contribution is -2.35. The molecule has 0 bridgehead atoms. The number of carbonyl (C=O) groups is 1. The predicted molar refractivity (Wildman–Crippen MR) is 75.1 cm³/mol. The van der Waals surface area contributed by atoms with Crippen molar-refractivity contribution in [3.8, 4) is 0 Å². The summed E-state index contributed by atoms with van der Waals surface area (Å²) in [4.78, 5) is 23.5. The molecule has 0 aliphatic carbocycles. The van der Waals surface area contributed by atoms with Crippen LogP contribution in [-0.4, -0.2) is 17.4 Å². The molecule has 0 spiro atoms. The molecule has 0 unspecified atom stereocenters. The molecule has 0 radical (unpaired) electrons. The molecule has 106 valence electrons. The van der Waals surface area contributed by atoms with E-state index in [1.54, 1.807) is 24.3 Å². The van der Waals surface area contributed by atoms with Gasteiger partial charge in [0.25, 0.3) is 0 Å². The number of nitro groups is 1. The zero-order chi connectivity index (χ0) is 15.0. The Morgan fingerprint density at radius 2 is 1.86 bits per heavy atom. The van der Waals surface area contributed by atoms with Crippen molar-refractivity contribution < 1.29 is 14.1 Å². The van der Waals surface area contributed by atoms with E-state index in [4.69, 9.17) is 0 Å². The van der Waals surface area contributed by atoms with Gasteiger partial charge >= 0.3 is 5.69 Å². The van der Waals surface area contributed by atoms with E-state index in [2.05, 4.69) is 5.32 Å². The maximum atomic E-state index is 13.8. The highest BCUT2D eigenvalue weighted by atomic mass is 19.1. The molecule has 1 aliphatic rings. The molecule has 0 saturated carbocycles. The van der Waals surface area contributed by atoms with Gasteiger partial charge in [-0.2, -0.15) is 4.39 Å². The van der Waals surface area contributed by atoms with E-state index in [1.807, 2.05) is 0 Å². The van der Waals surface area contributed by atoms with Gasteiger partial charge in [-0.15, -0.1) is 0 Å². The molecule has 2 aromatic rings. The summed E-state index contributed by atoms with van der Waals surface area (Å²) in [6, 6.07) is 10.7. The van der Waals surface area contributed by atoms with E-state index in [9.17, 15) is 19.3 Å². The Hall–Kier alpha value is -2.96. The molecule has 21 heavy (non-hydrogen) atoms. The molecule has 1 amide bonds. The van der Waals surface area contributed by atoms with Crippen LogP contribution in [0.4, 0.5) is 27.1 Å². The summed E-state index contributed by atoms with van der Waals surface area (Å²) in [6.45, 7) is -0.110. The first-order valence-electron chi connectivity index (χ1n) is 6.17. The van der Waals surface area contributed by atoms with Crippen molar-refractivity contribution >= 4 is 28.7 Å². The number of hydrogen-bond donors (Lipinski definition) is 1. The maximum Gasteiger partial charge on any atom is 0.328 e. The quantitative estimate of drug-likeness (QED) is 0.680. The highest BCUT2D eigenvalue weighted by Gasteiger charge is 2.30. The van der Waals surface area contributed by atoms with E-state index in [0.717, 1.165) is 6.07 Å². The van der Waals surface area contributed by atoms with E-state index in [-0.39, 0.29) is 18.1 Å². The molecule has 0 aromatic heterocycles. The topological polar surface area (TPSA) is 75.5 Å². The first-order chi connectivity index (χ1) is 10.1. The minimum Gasteiger partial charge on any atom is -0.325 e. The molecule has 6 nitrogen and oxygen atoms in total. The molecular formula is C14H10FN3O3. The van der Waals surface area contributed by atoms with Gasteiger partial charge in [0.15, 0.2) is 0 Å². The number of nitrogens with zero attached hydrogens (tertiary/aromatic N) is 2. The number of nitrogens with one attached hydrogen (secondary N) is 1. The second kappa shape index (κ2) is 4.86. The smallest absolute Gasteiger partial charge is 0.325 e. The third-order valence-electron chi connectivity index (χ3n) is 3.21. The van der Waals surface area contributed by atoms with Gasteiger partial charge in [0.05, 0.1) is 16.3 Å². The molecular weight excluding hydrogens is 277 g/mol. The number of rotatable bonds is 2. The summed E-state index contributed by atoms with van der Waals surface area (Å²) >= 11 is 0. The van der Waals surface area contributed by atoms with Gasteiger partial charge < -0.3 is 10.2 Å². The number of hydrogen-bond acceptors (Lipinski definition) is 4. The van der Waals surface area contributed by atoms with Crippen LogP contribution < -0.4 is 10.2 Å². The molecule has 1 heterocycles. The number of carbonyl (C=O) groups excluding carboxylic acids is 1. The van der Waals surface area contributed by atoms with Crippen molar-refractivity contribution in [2.75, 3.05) is 16.8 Å². The maximum absolute atomic E-state index is 13.8. The van der Waals surface area contributed by atoms with Crippen LogP contribution in [0.2, 0.25) is 0 Å². The van der Waals surface area contributed by atoms with Crippen molar-refractivity contribution in [2.45, 2.75) is 0 Å². The lowest BCUT2D eigenvalue weighted by atomic mass is 10.1. The molecule has 0 fully saturated rings. The minimum absolute atomic E-state index is 0.0577. The third kappa shape index (κ3) is 2.18. The number of para-hydroxylation sites is 3. The van der Waals surface area contributed by atoms with Gasteiger partial charge in [-0.25, -0.2) is 0 Å². The third-order valence-corrected chi connectivity index (χ3v) is 3.21. The number of benzene rings is 2. The van der Waals surface area contributed by atoms with Crippen LogP contribution in [-0.2, 0) is 4.79 Å². The van der Waals surface area contributed by atoms with Crippen LogP contribution in [0.1, 0.15) is 0 Å². The largest absolute Gasteiger partial charge is 0.328 e. The SMILES string of the molecule is O=C1CN(c2cccc(F)c2[N+](=O)[O-])c2ccccc2N1. The molecule has 1 aliphatic heterocycles. The van der Waals surface area contributed by atoms with Crippen molar-refractivity contribution in [3.05, 3.63) is 58.4 Å². The van der Waals surface area contributed by atoms with Gasteiger partial charge in [0.2, 0.25) is 11.7 Å². The Morgan fingerprint density at radius 3 is 2.62 bits per heavy atom. The van der Waals surface area contributed by atoms with Crippen molar-refractivity contribution in [2.24, 2.45) is 0 Å². The van der Waals surface area contributed by atoms with E-state index in [0.29, 0.717) is 11.4 Å². The average Bonchev–Trinajstić information content (AvgIpc) is 2.45. The van der Waals surface area contributed by atoms with Crippen LogP contribution in [0, 0.1) is 15.9 Å². The lowest BCUT2D eigenvalue weighted by Gasteiger charge is -2.30. The number of fused-ring (bicyclic) bond motifs is 1. The Labute approximate surface area is 119 Å². The molecule has 0 saturated heterocycles. The fraction of sp³-hybridized carbons (Fsp3) is 0.0714. The van der Waals surface area contributed by atoms with Crippen molar-refractivity contribution in [1.29, 1.82) is 0 Å². The number of halogens is 1. The van der Waals surface area contributed by atoms with Gasteiger partial charge in [-0.1, -0.05) is 18.2 Å².